The smallest absolute Gasteiger partial charge is 0.160 e. The van der Waals surface area contributed by atoms with Crippen LogP contribution >= 0.6 is 23.2 Å². The van der Waals surface area contributed by atoms with Crippen LogP contribution in [0, 0.1) is 0 Å². The Labute approximate surface area is 58.1 Å². The van der Waals surface area contributed by atoms with E-state index in [1.54, 1.807) is 0 Å². The minimum Gasteiger partial charge on any atom is -0.358 e. The van der Waals surface area contributed by atoms with Crippen molar-refractivity contribution in [2.24, 2.45) is 0 Å². The second-order valence-corrected chi connectivity index (χ2v) is 2.48. The SMILES string of the molecule is ClC1NCCOC1Cl. The molecular weight excluding hydrogens is 149 g/mol. The van der Waals surface area contributed by atoms with E-state index >= 15 is 0 Å². The van der Waals surface area contributed by atoms with Gasteiger partial charge in [-0.05, 0) is 0 Å². The van der Waals surface area contributed by atoms with Gasteiger partial charge in [-0.15, -0.1) is 11.6 Å². The molecule has 2 atom stereocenters. The first-order valence-electron chi connectivity index (χ1n) is 2.44. The quantitative estimate of drug-likeness (QED) is 0.412. The third-order valence-corrected chi connectivity index (χ3v) is 1.84. The van der Waals surface area contributed by atoms with E-state index in [9.17, 15) is 0 Å². The molecule has 0 bridgehead atoms. The zero-order valence-electron chi connectivity index (χ0n) is 4.23. The van der Waals surface area contributed by atoms with Gasteiger partial charge in [0.2, 0.25) is 0 Å². The highest BCUT2D eigenvalue weighted by Crippen LogP contribution is 2.11. The van der Waals surface area contributed by atoms with Crippen molar-refractivity contribution in [1.29, 1.82) is 0 Å². The van der Waals surface area contributed by atoms with Gasteiger partial charge < -0.3 is 4.74 Å². The number of ether oxygens (including phenoxy) is 1. The molecule has 8 heavy (non-hydrogen) atoms. The van der Waals surface area contributed by atoms with Gasteiger partial charge in [0.1, 0.15) is 5.50 Å². The van der Waals surface area contributed by atoms with Gasteiger partial charge in [-0.25, -0.2) is 0 Å². The highest BCUT2D eigenvalue weighted by atomic mass is 35.5. The predicted octanol–water partition coefficient (Wildman–Crippen LogP) is 0.736. The lowest BCUT2D eigenvalue weighted by Crippen LogP contribution is -2.41. The van der Waals surface area contributed by atoms with Crippen LogP contribution in [0.15, 0.2) is 0 Å². The molecule has 0 spiro atoms. The normalized spacial score (nSPS) is 39.8. The lowest BCUT2D eigenvalue weighted by Gasteiger charge is -2.23. The van der Waals surface area contributed by atoms with Crippen LogP contribution in [-0.4, -0.2) is 24.2 Å². The fourth-order valence-corrected chi connectivity index (χ4v) is 0.905. The molecule has 2 nitrogen and oxygen atoms in total. The van der Waals surface area contributed by atoms with Gasteiger partial charge in [0.25, 0.3) is 0 Å². The summed E-state index contributed by atoms with van der Waals surface area (Å²) in [6.07, 6.45) is 0. The molecule has 0 saturated carbocycles. The predicted molar refractivity (Wildman–Crippen MR) is 33.2 cm³/mol. The van der Waals surface area contributed by atoms with E-state index in [1.165, 1.54) is 0 Å². The summed E-state index contributed by atoms with van der Waals surface area (Å²) >= 11 is 11.1. The highest BCUT2D eigenvalue weighted by molar-refractivity contribution is 6.29. The van der Waals surface area contributed by atoms with Gasteiger partial charge in [0.05, 0.1) is 6.61 Å². The summed E-state index contributed by atoms with van der Waals surface area (Å²) in [5.74, 6) is 0. The van der Waals surface area contributed by atoms with Crippen molar-refractivity contribution < 1.29 is 4.74 Å². The fraction of sp³-hybridized carbons (Fsp3) is 1.00. The van der Waals surface area contributed by atoms with E-state index in [2.05, 4.69) is 5.32 Å². The van der Waals surface area contributed by atoms with Gasteiger partial charge >= 0.3 is 0 Å². The second-order valence-electron chi connectivity index (χ2n) is 1.58. The van der Waals surface area contributed by atoms with Crippen molar-refractivity contribution in [1.82, 2.24) is 5.32 Å². The van der Waals surface area contributed by atoms with Crippen molar-refractivity contribution in [3.8, 4) is 0 Å². The fourth-order valence-electron chi connectivity index (χ4n) is 0.545. The summed E-state index contributed by atoms with van der Waals surface area (Å²) in [5, 5.41) is 2.94. The van der Waals surface area contributed by atoms with Crippen molar-refractivity contribution >= 4 is 23.2 Å². The van der Waals surface area contributed by atoms with Crippen molar-refractivity contribution in [3.05, 3.63) is 0 Å². The average molecular weight is 156 g/mol. The van der Waals surface area contributed by atoms with E-state index in [0.29, 0.717) is 6.61 Å². The van der Waals surface area contributed by atoms with E-state index in [0.717, 1.165) is 6.54 Å². The number of nitrogens with one attached hydrogen (secondary N) is 1. The molecule has 1 aliphatic heterocycles. The van der Waals surface area contributed by atoms with E-state index in [-0.39, 0.29) is 11.1 Å². The Hall–Kier alpha value is 0.500. The number of morpholine rings is 1. The second kappa shape index (κ2) is 2.87. The number of halogens is 2. The molecule has 48 valence electrons. The molecule has 2 unspecified atom stereocenters. The average Bonchev–Trinajstić information content (AvgIpc) is 1.77. The standard InChI is InChI=1S/C4H7Cl2NO/c5-3-4(6)8-2-1-7-3/h3-4,7H,1-2H2. The Kier molecular flexibility index (Phi) is 2.38. The molecule has 1 N–H and O–H groups in total. The molecule has 1 rings (SSSR count). The molecular formula is C4H7Cl2NO. The maximum absolute atomic E-state index is 5.60. The molecule has 0 amide bonds. The van der Waals surface area contributed by atoms with E-state index in [4.69, 9.17) is 27.9 Å². The Morgan fingerprint density at radius 1 is 1.50 bits per heavy atom. The van der Waals surface area contributed by atoms with Crippen LogP contribution in [0.2, 0.25) is 0 Å². The number of hydrogen-bond donors (Lipinski definition) is 1. The molecule has 1 heterocycles. The van der Waals surface area contributed by atoms with Crippen LogP contribution in [0.3, 0.4) is 0 Å². The monoisotopic (exact) mass is 155 g/mol. The molecule has 1 saturated heterocycles. The summed E-state index contributed by atoms with van der Waals surface area (Å²) < 4.78 is 4.96. The van der Waals surface area contributed by atoms with Gasteiger partial charge in [-0.2, -0.15) is 0 Å². The van der Waals surface area contributed by atoms with Gasteiger partial charge in [-0.3, -0.25) is 5.32 Å². The molecule has 4 heteroatoms. The molecule has 1 aliphatic rings. The summed E-state index contributed by atoms with van der Waals surface area (Å²) in [4.78, 5) is 0. The molecule has 0 radical (unpaired) electrons. The summed E-state index contributed by atoms with van der Waals surface area (Å²) in [5.41, 5.74) is -0.601. The van der Waals surface area contributed by atoms with E-state index in [1.807, 2.05) is 0 Å². The third kappa shape index (κ3) is 1.49. The summed E-state index contributed by atoms with van der Waals surface area (Å²) in [6.45, 7) is 1.44. The molecule has 1 fully saturated rings. The number of alkyl halides is 2. The first kappa shape index (κ1) is 6.62. The van der Waals surface area contributed by atoms with Crippen molar-refractivity contribution in [2.45, 2.75) is 11.1 Å². The number of hydrogen-bond acceptors (Lipinski definition) is 2. The lowest BCUT2D eigenvalue weighted by atomic mass is 10.5. The minimum atomic E-state index is -0.370. The maximum Gasteiger partial charge on any atom is 0.160 e. The van der Waals surface area contributed by atoms with E-state index < -0.39 is 0 Å². The van der Waals surface area contributed by atoms with Crippen LogP contribution in [0.1, 0.15) is 0 Å². The van der Waals surface area contributed by atoms with Crippen LogP contribution in [0.5, 0.6) is 0 Å². The maximum atomic E-state index is 5.60. The summed E-state index contributed by atoms with van der Waals surface area (Å²) in [6, 6.07) is 0. The Balaban J connectivity index is 2.28. The van der Waals surface area contributed by atoms with Crippen LogP contribution in [0.25, 0.3) is 0 Å². The van der Waals surface area contributed by atoms with Crippen LogP contribution in [-0.2, 0) is 4.74 Å². The van der Waals surface area contributed by atoms with Crippen LogP contribution in [0.4, 0.5) is 0 Å². The Morgan fingerprint density at radius 2 is 2.25 bits per heavy atom. The first-order valence-corrected chi connectivity index (χ1v) is 3.31. The Morgan fingerprint density at radius 3 is 2.62 bits per heavy atom. The molecule has 0 aromatic carbocycles. The Bertz CT molecular complexity index is 70.4. The molecule has 0 aromatic rings. The third-order valence-electron chi connectivity index (χ3n) is 0.949. The van der Waals surface area contributed by atoms with Crippen LogP contribution < -0.4 is 5.32 Å². The van der Waals surface area contributed by atoms with Gasteiger partial charge in [-0.1, -0.05) is 11.6 Å². The van der Waals surface area contributed by atoms with Crippen molar-refractivity contribution in [2.75, 3.05) is 13.2 Å². The lowest BCUT2D eigenvalue weighted by molar-refractivity contribution is 0.0695. The van der Waals surface area contributed by atoms with Crippen molar-refractivity contribution in [3.63, 3.8) is 0 Å². The summed E-state index contributed by atoms with van der Waals surface area (Å²) in [7, 11) is 0. The largest absolute Gasteiger partial charge is 0.358 e. The van der Waals surface area contributed by atoms with Gasteiger partial charge in [0, 0.05) is 6.54 Å². The number of rotatable bonds is 0. The zero-order valence-corrected chi connectivity index (χ0v) is 5.74. The minimum absolute atomic E-state index is 0.231. The first-order chi connectivity index (χ1) is 3.80. The molecule has 0 aliphatic carbocycles. The topological polar surface area (TPSA) is 21.3 Å². The zero-order chi connectivity index (χ0) is 5.98. The van der Waals surface area contributed by atoms with Gasteiger partial charge in [0.15, 0.2) is 5.56 Å². The molecule has 0 aromatic heterocycles. The highest BCUT2D eigenvalue weighted by Gasteiger charge is 2.19.